The zero-order valence-corrected chi connectivity index (χ0v) is 13.5. The number of carbonyl (C=O) groups excluding carboxylic acids is 1. The van der Waals surface area contributed by atoms with Crippen molar-refractivity contribution in [2.75, 3.05) is 37.8 Å². The van der Waals surface area contributed by atoms with Crippen LogP contribution in [0.15, 0.2) is 17.5 Å². The van der Waals surface area contributed by atoms with E-state index in [1.165, 1.54) is 0 Å². The zero-order chi connectivity index (χ0) is 15.2. The number of morpholine rings is 1. The van der Waals surface area contributed by atoms with Gasteiger partial charge < -0.3 is 19.7 Å². The lowest BCUT2D eigenvalue weighted by molar-refractivity contribution is -0.123. The van der Waals surface area contributed by atoms with Crippen LogP contribution in [-0.2, 0) is 16.1 Å². The number of amides is 1. The highest BCUT2D eigenvalue weighted by atomic mass is 32.1. The first-order chi connectivity index (χ1) is 10.8. The minimum atomic E-state index is -0.172. The Morgan fingerprint density at radius 3 is 3.05 bits per heavy atom. The van der Waals surface area contributed by atoms with Gasteiger partial charge in [0.2, 0.25) is 5.82 Å². The highest BCUT2D eigenvalue weighted by Crippen LogP contribution is 2.26. The monoisotopic (exact) mass is 340 g/mol. The van der Waals surface area contributed by atoms with Crippen LogP contribution in [0.1, 0.15) is 4.88 Å². The Kier molecular flexibility index (Phi) is 5.20. The van der Waals surface area contributed by atoms with Crippen LogP contribution >= 0.6 is 23.1 Å². The van der Waals surface area contributed by atoms with E-state index >= 15 is 0 Å². The standard InChI is InChI=1S/C13H16N4O3S2/c18-11(14-8-10-2-1-7-21-10)9-20-13-12(15-22-16-13)17-3-5-19-6-4-17/h1-2,7H,3-6,8-9H2,(H,14,18). The number of nitrogens with zero attached hydrogens (tertiary/aromatic N) is 3. The Morgan fingerprint density at radius 1 is 1.41 bits per heavy atom. The summed E-state index contributed by atoms with van der Waals surface area (Å²) < 4.78 is 19.2. The van der Waals surface area contributed by atoms with Gasteiger partial charge in [-0.05, 0) is 11.4 Å². The van der Waals surface area contributed by atoms with E-state index < -0.39 is 0 Å². The first-order valence-electron chi connectivity index (χ1n) is 6.90. The lowest BCUT2D eigenvalue weighted by atomic mass is 10.4. The second-order valence-corrected chi connectivity index (χ2v) is 6.20. The molecule has 3 heterocycles. The Labute approximate surface area is 136 Å². The largest absolute Gasteiger partial charge is 0.464 e. The van der Waals surface area contributed by atoms with Crippen LogP contribution in [0.4, 0.5) is 5.82 Å². The van der Waals surface area contributed by atoms with Gasteiger partial charge in [-0.25, -0.2) is 0 Å². The van der Waals surface area contributed by atoms with E-state index in [4.69, 9.17) is 9.47 Å². The minimum absolute atomic E-state index is 0.0614. The van der Waals surface area contributed by atoms with Crippen LogP contribution in [0.5, 0.6) is 5.88 Å². The summed E-state index contributed by atoms with van der Waals surface area (Å²) in [6.45, 7) is 3.30. The Hall–Kier alpha value is -1.71. The van der Waals surface area contributed by atoms with E-state index in [9.17, 15) is 4.79 Å². The average Bonchev–Trinajstić information content (AvgIpc) is 3.23. The van der Waals surface area contributed by atoms with E-state index in [1.54, 1.807) is 11.3 Å². The first kappa shape index (κ1) is 15.2. The van der Waals surface area contributed by atoms with Gasteiger partial charge in [-0.15, -0.1) is 15.7 Å². The van der Waals surface area contributed by atoms with Gasteiger partial charge in [-0.1, -0.05) is 6.07 Å². The molecule has 9 heteroatoms. The molecular formula is C13H16N4O3S2. The number of nitrogens with one attached hydrogen (secondary N) is 1. The highest BCUT2D eigenvalue weighted by molar-refractivity contribution is 7.09. The fourth-order valence-electron chi connectivity index (χ4n) is 2.02. The predicted molar refractivity (Wildman–Crippen MR) is 84.6 cm³/mol. The molecule has 0 aliphatic carbocycles. The molecule has 0 spiro atoms. The summed E-state index contributed by atoms with van der Waals surface area (Å²) in [5.74, 6) is 0.937. The molecular weight excluding hydrogens is 324 g/mol. The van der Waals surface area contributed by atoms with Crippen molar-refractivity contribution in [2.45, 2.75) is 6.54 Å². The van der Waals surface area contributed by atoms with Crippen LogP contribution < -0.4 is 15.0 Å². The number of hydrogen-bond donors (Lipinski definition) is 1. The molecule has 2 aromatic rings. The van der Waals surface area contributed by atoms with Gasteiger partial charge in [0.15, 0.2) is 6.61 Å². The molecule has 1 aliphatic heterocycles. The summed E-state index contributed by atoms with van der Waals surface area (Å²) in [7, 11) is 0. The molecule has 0 atom stereocenters. The molecule has 1 amide bonds. The topological polar surface area (TPSA) is 76.6 Å². The van der Waals surface area contributed by atoms with Gasteiger partial charge in [0.1, 0.15) is 0 Å². The van der Waals surface area contributed by atoms with Crippen molar-refractivity contribution in [2.24, 2.45) is 0 Å². The average molecular weight is 340 g/mol. The molecule has 1 aliphatic rings. The Balaban J connectivity index is 1.48. The SMILES string of the molecule is O=C(COc1nsnc1N1CCOCC1)NCc1cccs1. The smallest absolute Gasteiger partial charge is 0.271 e. The van der Waals surface area contributed by atoms with Crippen LogP contribution in [-0.4, -0.2) is 47.6 Å². The Morgan fingerprint density at radius 2 is 2.27 bits per heavy atom. The third kappa shape index (κ3) is 3.93. The van der Waals surface area contributed by atoms with Crippen molar-refractivity contribution in [3.8, 4) is 5.88 Å². The molecule has 22 heavy (non-hydrogen) atoms. The van der Waals surface area contributed by atoms with Gasteiger partial charge in [0.05, 0.1) is 31.5 Å². The van der Waals surface area contributed by atoms with E-state index in [1.807, 2.05) is 17.5 Å². The number of hydrogen-bond acceptors (Lipinski definition) is 8. The summed E-state index contributed by atoms with van der Waals surface area (Å²) in [5, 5.41) is 4.79. The van der Waals surface area contributed by atoms with E-state index in [2.05, 4.69) is 19.0 Å². The molecule has 118 valence electrons. The summed E-state index contributed by atoms with van der Waals surface area (Å²) in [6.07, 6.45) is 0. The summed E-state index contributed by atoms with van der Waals surface area (Å²) in [6, 6.07) is 3.94. The second-order valence-electron chi connectivity index (χ2n) is 4.64. The lowest BCUT2D eigenvalue weighted by Gasteiger charge is -2.26. The maximum atomic E-state index is 11.8. The van der Waals surface area contributed by atoms with Gasteiger partial charge in [0.25, 0.3) is 11.8 Å². The summed E-state index contributed by atoms with van der Waals surface area (Å²) in [5.41, 5.74) is 0. The van der Waals surface area contributed by atoms with Gasteiger partial charge >= 0.3 is 0 Å². The maximum absolute atomic E-state index is 11.8. The van der Waals surface area contributed by atoms with E-state index in [0.29, 0.717) is 31.5 Å². The number of aromatic nitrogens is 2. The molecule has 0 aromatic carbocycles. The summed E-state index contributed by atoms with van der Waals surface area (Å²) in [4.78, 5) is 15.0. The van der Waals surface area contributed by atoms with Crippen molar-refractivity contribution in [3.05, 3.63) is 22.4 Å². The van der Waals surface area contributed by atoms with Gasteiger partial charge in [-0.3, -0.25) is 4.79 Å². The Bertz CT molecular complexity index is 596. The quantitative estimate of drug-likeness (QED) is 0.849. The van der Waals surface area contributed by atoms with Crippen LogP contribution in [0.25, 0.3) is 0 Å². The van der Waals surface area contributed by atoms with E-state index in [0.717, 1.165) is 29.7 Å². The van der Waals surface area contributed by atoms with Crippen molar-refractivity contribution in [3.63, 3.8) is 0 Å². The molecule has 2 aromatic heterocycles. The normalized spacial score (nSPS) is 14.8. The van der Waals surface area contributed by atoms with Gasteiger partial charge in [0, 0.05) is 18.0 Å². The van der Waals surface area contributed by atoms with Gasteiger partial charge in [-0.2, -0.15) is 4.37 Å². The van der Waals surface area contributed by atoms with Crippen molar-refractivity contribution in [1.82, 2.24) is 14.1 Å². The van der Waals surface area contributed by atoms with Crippen LogP contribution in [0, 0.1) is 0 Å². The number of carbonyl (C=O) groups is 1. The summed E-state index contributed by atoms with van der Waals surface area (Å²) >= 11 is 2.69. The molecule has 1 fully saturated rings. The third-order valence-electron chi connectivity index (χ3n) is 3.13. The minimum Gasteiger partial charge on any atom is -0.464 e. The van der Waals surface area contributed by atoms with Crippen molar-refractivity contribution < 1.29 is 14.3 Å². The first-order valence-corrected chi connectivity index (χ1v) is 8.51. The highest BCUT2D eigenvalue weighted by Gasteiger charge is 2.20. The van der Waals surface area contributed by atoms with Crippen molar-refractivity contribution >= 4 is 34.8 Å². The molecule has 0 saturated carbocycles. The number of thiophene rings is 1. The molecule has 0 bridgehead atoms. The molecule has 0 radical (unpaired) electrons. The molecule has 7 nitrogen and oxygen atoms in total. The molecule has 1 N–H and O–H groups in total. The predicted octanol–water partition coefficient (Wildman–Crippen LogP) is 1.13. The zero-order valence-electron chi connectivity index (χ0n) is 11.9. The lowest BCUT2D eigenvalue weighted by Crippen LogP contribution is -2.37. The van der Waals surface area contributed by atoms with E-state index in [-0.39, 0.29) is 12.5 Å². The fraction of sp³-hybridized carbons (Fsp3) is 0.462. The molecule has 0 unspecified atom stereocenters. The molecule has 1 saturated heterocycles. The van der Waals surface area contributed by atoms with Crippen LogP contribution in [0.3, 0.4) is 0 Å². The fourth-order valence-corrected chi connectivity index (χ4v) is 3.18. The maximum Gasteiger partial charge on any atom is 0.271 e. The number of ether oxygens (including phenoxy) is 2. The van der Waals surface area contributed by atoms with Crippen molar-refractivity contribution in [1.29, 1.82) is 0 Å². The second kappa shape index (κ2) is 7.52. The third-order valence-corrected chi connectivity index (χ3v) is 4.51. The molecule has 3 rings (SSSR count). The number of anilines is 1. The van der Waals surface area contributed by atoms with Crippen LogP contribution in [0.2, 0.25) is 0 Å². The number of rotatable bonds is 6.